The van der Waals surface area contributed by atoms with E-state index in [9.17, 15) is 0 Å². The van der Waals surface area contributed by atoms with Crippen LogP contribution in [0.4, 0.5) is 4.39 Å². The summed E-state index contributed by atoms with van der Waals surface area (Å²) in [7, 11) is 2.01. The van der Waals surface area contributed by atoms with Crippen molar-refractivity contribution in [3.05, 3.63) is 107 Å². The van der Waals surface area contributed by atoms with Gasteiger partial charge in [0.05, 0.1) is 28.1 Å². The summed E-state index contributed by atoms with van der Waals surface area (Å²) in [6, 6.07) is 20.9. The van der Waals surface area contributed by atoms with Crippen LogP contribution >= 0.6 is 0 Å². The fourth-order valence-corrected chi connectivity index (χ4v) is 7.53. The van der Waals surface area contributed by atoms with Gasteiger partial charge in [-0.2, -0.15) is 14.2 Å². The molecule has 4 heterocycles. The van der Waals surface area contributed by atoms with E-state index in [2.05, 4.69) is 138 Å². The number of nitrogens with zero attached hydrogens (tertiary/aromatic N) is 4. The lowest BCUT2D eigenvalue weighted by atomic mass is 9.59. The van der Waals surface area contributed by atoms with Crippen molar-refractivity contribution in [1.82, 2.24) is 9.78 Å². The average Bonchev–Trinajstić information content (AvgIpc) is 3.35. The summed E-state index contributed by atoms with van der Waals surface area (Å²) in [5.74, 6) is -0.132. The van der Waals surface area contributed by atoms with Crippen molar-refractivity contribution < 1.29 is 13.5 Å². The van der Waals surface area contributed by atoms with Crippen LogP contribution in [0.1, 0.15) is 77.8 Å². The van der Waals surface area contributed by atoms with Crippen molar-refractivity contribution in [3.63, 3.8) is 0 Å². The Kier molecular flexibility index (Phi) is 5.61. The highest BCUT2D eigenvalue weighted by molar-refractivity contribution is 6.01. The van der Waals surface area contributed by atoms with Gasteiger partial charge in [-0.25, -0.2) is 4.39 Å². The molecule has 2 aromatic carbocycles. The molecule has 2 aliphatic rings. The topological polar surface area (TPSA) is 25.6 Å². The average molecular weight is 573 g/mol. The number of allylic oxidation sites excluding steroid dienone is 1. The van der Waals surface area contributed by atoms with Crippen LogP contribution in [0, 0.1) is 5.82 Å². The second-order valence-corrected chi connectivity index (χ2v) is 14.6. The predicted molar refractivity (Wildman–Crippen MR) is 171 cm³/mol. The van der Waals surface area contributed by atoms with Gasteiger partial charge in [0.15, 0.2) is 24.1 Å². The third kappa shape index (κ3) is 3.63. The lowest BCUT2D eigenvalue weighted by Crippen LogP contribution is -2.66. The largest absolute Gasteiger partial charge is 0.262 e. The van der Waals surface area contributed by atoms with Crippen LogP contribution in [0.2, 0.25) is 0 Å². The van der Waals surface area contributed by atoms with Gasteiger partial charge in [-0.1, -0.05) is 58.9 Å². The van der Waals surface area contributed by atoms with Gasteiger partial charge in [-0.05, 0) is 48.6 Å². The van der Waals surface area contributed by atoms with Crippen molar-refractivity contribution in [2.75, 3.05) is 0 Å². The van der Waals surface area contributed by atoms with Crippen LogP contribution in [-0.2, 0) is 28.8 Å². The summed E-state index contributed by atoms with van der Waals surface area (Å²) >= 11 is 0. The number of hydrogen-bond acceptors (Lipinski definition) is 1. The van der Waals surface area contributed by atoms with Crippen LogP contribution in [0.15, 0.2) is 79.1 Å². The maximum absolute atomic E-state index is 15.9. The second kappa shape index (κ2) is 8.72. The minimum Gasteiger partial charge on any atom is -0.262 e. The lowest BCUT2D eigenvalue weighted by Gasteiger charge is -2.46. The normalized spacial score (nSPS) is 19.8. The third-order valence-electron chi connectivity index (χ3n) is 10.5. The molecule has 1 unspecified atom stereocenters. The Labute approximate surface area is 254 Å². The Morgan fingerprint density at radius 2 is 1.65 bits per heavy atom. The summed E-state index contributed by atoms with van der Waals surface area (Å²) in [6.45, 7) is 17.8. The molecule has 3 aromatic heterocycles. The zero-order valence-corrected chi connectivity index (χ0v) is 26.7. The molecule has 0 spiro atoms. The standard InChI is InChI=1S/C38H41FN4/c1-35(2,3)30-23-29(41(9)40-30)28-15-10-11-20-42(28)22-19-38(8)37(6,7)26-16-17-27(39)33-32(26)34-31-24(18-21-43(34)38)13-12-14-25(31)36(33,4)5/h10-23H,1-9H3/q+2/b22-19+. The Morgan fingerprint density at radius 3 is 2.37 bits per heavy atom. The van der Waals surface area contributed by atoms with Crippen LogP contribution in [0.5, 0.6) is 0 Å². The smallest absolute Gasteiger partial charge is 0.236 e. The molecule has 5 heteroatoms. The van der Waals surface area contributed by atoms with E-state index >= 15 is 4.39 Å². The summed E-state index contributed by atoms with van der Waals surface area (Å²) in [5, 5.41) is 7.26. The van der Waals surface area contributed by atoms with Crippen LogP contribution < -0.4 is 9.13 Å². The predicted octanol–water partition coefficient (Wildman–Crippen LogP) is 7.74. The van der Waals surface area contributed by atoms with Gasteiger partial charge in [0.25, 0.3) is 0 Å². The summed E-state index contributed by atoms with van der Waals surface area (Å²) in [4.78, 5) is 0. The number of halogens is 1. The molecule has 0 saturated carbocycles. The fraction of sp³-hybridized carbons (Fsp3) is 0.342. The second-order valence-electron chi connectivity index (χ2n) is 14.6. The van der Waals surface area contributed by atoms with Crippen molar-refractivity contribution in [1.29, 1.82) is 0 Å². The summed E-state index contributed by atoms with van der Waals surface area (Å²) in [6.07, 6.45) is 8.83. The molecule has 43 heavy (non-hydrogen) atoms. The molecular weight excluding hydrogens is 531 g/mol. The summed E-state index contributed by atoms with van der Waals surface area (Å²) in [5.41, 5.74) is 7.22. The van der Waals surface area contributed by atoms with E-state index < -0.39 is 11.0 Å². The minimum atomic E-state index is -0.462. The molecule has 1 aliphatic heterocycles. The SMILES string of the molecule is Cn1nc(C(C)(C)C)cc1-c1cccc[n+]1/C=C/C1(C)[n+]2ccc3cccc4c3c2-c2c(ccc(F)c2C4(C)C)C1(C)C. The van der Waals surface area contributed by atoms with Crippen molar-refractivity contribution in [2.45, 2.75) is 77.2 Å². The minimum absolute atomic E-state index is 0.0433. The van der Waals surface area contributed by atoms with E-state index in [0.29, 0.717) is 0 Å². The molecule has 5 aromatic rings. The highest BCUT2D eigenvalue weighted by Crippen LogP contribution is 2.56. The van der Waals surface area contributed by atoms with Crippen molar-refractivity contribution in [3.8, 4) is 22.6 Å². The van der Waals surface area contributed by atoms with E-state index in [1.807, 2.05) is 17.8 Å². The van der Waals surface area contributed by atoms with Crippen LogP contribution in [-0.4, -0.2) is 9.78 Å². The first kappa shape index (κ1) is 27.7. The van der Waals surface area contributed by atoms with E-state index in [1.54, 1.807) is 6.07 Å². The highest BCUT2D eigenvalue weighted by atomic mass is 19.1. The highest BCUT2D eigenvalue weighted by Gasteiger charge is 2.58. The van der Waals surface area contributed by atoms with Gasteiger partial charge < -0.3 is 0 Å². The Balaban J connectivity index is 1.48. The molecule has 0 fully saturated rings. The molecule has 0 amide bonds. The Morgan fingerprint density at radius 1 is 0.884 bits per heavy atom. The molecule has 0 bridgehead atoms. The number of benzene rings is 2. The Bertz CT molecular complexity index is 2000. The van der Waals surface area contributed by atoms with E-state index in [1.165, 1.54) is 21.9 Å². The number of hydrogen-bond donors (Lipinski definition) is 0. The molecule has 0 radical (unpaired) electrons. The molecule has 0 N–H and O–H groups in total. The zero-order chi connectivity index (χ0) is 30.7. The molecule has 7 rings (SSSR count). The molecule has 218 valence electrons. The van der Waals surface area contributed by atoms with Crippen molar-refractivity contribution in [2.24, 2.45) is 7.05 Å². The van der Waals surface area contributed by atoms with E-state index in [4.69, 9.17) is 5.10 Å². The van der Waals surface area contributed by atoms with Gasteiger partial charge in [0.1, 0.15) is 11.5 Å². The lowest BCUT2D eigenvalue weighted by molar-refractivity contribution is -0.750. The van der Waals surface area contributed by atoms with Gasteiger partial charge in [0.2, 0.25) is 11.4 Å². The zero-order valence-electron chi connectivity index (χ0n) is 26.7. The molecule has 0 saturated heterocycles. The first-order chi connectivity index (χ1) is 20.2. The number of pyridine rings is 2. The molecule has 1 atom stereocenters. The number of aromatic nitrogens is 4. The third-order valence-corrected chi connectivity index (χ3v) is 10.5. The van der Waals surface area contributed by atoms with Gasteiger partial charge in [-0.3, -0.25) is 4.68 Å². The number of rotatable bonds is 3. The first-order valence-corrected chi connectivity index (χ1v) is 15.2. The quantitative estimate of drug-likeness (QED) is 0.203. The van der Waals surface area contributed by atoms with Crippen molar-refractivity contribution >= 4 is 17.0 Å². The van der Waals surface area contributed by atoms with Gasteiger partial charge in [-0.15, -0.1) is 0 Å². The molecule has 1 aliphatic carbocycles. The molecular formula is C38H41FN4+2. The van der Waals surface area contributed by atoms with Gasteiger partial charge in [0, 0.05) is 48.6 Å². The van der Waals surface area contributed by atoms with Crippen LogP contribution in [0.3, 0.4) is 0 Å². The maximum atomic E-state index is 15.9. The molecule has 4 nitrogen and oxygen atoms in total. The number of aryl methyl sites for hydroxylation is 1. The Hall–Kier alpha value is -4.12. The first-order valence-electron chi connectivity index (χ1n) is 15.2. The maximum Gasteiger partial charge on any atom is 0.236 e. The van der Waals surface area contributed by atoms with E-state index in [0.717, 1.165) is 33.9 Å². The van der Waals surface area contributed by atoms with E-state index in [-0.39, 0.29) is 16.6 Å². The monoisotopic (exact) mass is 572 g/mol. The summed E-state index contributed by atoms with van der Waals surface area (Å²) < 4.78 is 22.4. The van der Waals surface area contributed by atoms with Crippen LogP contribution in [0.25, 0.3) is 39.6 Å². The van der Waals surface area contributed by atoms with Gasteiger partial charge >= 0.3 is 0 Å². The fourth-order valence-electron chi connectivity index (χ4n) is 7.53.